The second-order valence-electron chi connectivity index (χ2n) is 8.98. The summed E-state index contributed by atoms with van der Waals surface area (Å²) in [5.41, 5.74) is 0.419. The van der Waals surface area contributed by atoms with Gasteiger partial charge < -0.3 is 14.7 Å². The number of amides is 1. The molecule has 0 spiro atoms. The Hall–Kier alpha value is -2.14. The van der Waals surface area contributed by atoms with E-state index in [1.807, 2.05) is 56.0 Å². The standard InChI is InChI=1S/C22H28N2O3/c1-21(2,3)27-20(25)24-17-7-4-8-18(24)14-22(26,13-17)16-9-10-19-15(12-16)6-5-11-23-19/h5-6,9-12,17-18,26H,4,7-8,13-14H2,1-3H3. The van der Waals surface area contributed by atoms with Crippen LogP contribution in [-0.2, 0) is 10.3 Å². The van der Waals surface area contributed by atoms with Gasteiger partial charge in [-0.1, -0.05) is 12.1 Å². The highest BCUT2D eigenvalue weighted by Gasteiger charge is 2.49. The topological polar surface area (TPSA) is 62.7 Å². The van der Waals surface area contributed by atoms with Crippen molar-refractivity contribution in [3.05, 3.63) is 42.1 Å². The number of aliphatic hydroxyl groups is 1. The van der Waals surface area contributed by atoms with E-state index in [4.69, 9.17) is 4.74 Å². The van der Waals surface area contributed by atoms with E-state index in [2.05, 4.69) is 4.98 Å². The van der Waals surface area contributed by atoms with Gasteiger partial charge in [0, 0.05) is 36.5 Å². The van der Waals surface area contributed by atoms with E-state index in [9.17, 15) is 9.90 Å². The van der Waals surface area contributed by atoms with E-state index < -0.39 is 11.2 Å². The van der Waals surface area contributed by atoms with Crippen LogP contribution in [0.1, 0.15) is 58.4 Å². The third kappa shape index (κ3) is 3.53. The van der Waals surface area contributed by atoms with E-state index >= 15 is 0 Å². The molecule has 1 aromatic carbocycles. The summed E-state index contributed by atoms with van der Waals surface area (Å²) < 4.78 is 5.64. The number of carbonyl (C=O) groups is 1. The normalized spacial score (nSPS) is 28.2. The zero-order chi connectivity index (χ0) is 19.2. The first-order valence-corrected chi connectivity index (χ1v) is 9.84. The van der Waals surface area contributed by atoms with Crippen LogP contribution in [0.2, 0.25) is 0 Å². The molecule has 2 atom stereocenters. The Balaban J connectivity index is 1.62. The van der Waals surface area contributed by atoms with Crippen molar-refractivity contribution in [1.29, 1.82) is 0 Å². The number of piperidine rings is 2. The summed E-state index contributed by atoms with van der Waals surface area (Å²) in [6, 6.07) is 9.96. The first-order chi connectivity index (χ1) is 12.8. The van der Waals surface area contributed by atoms with Crippen LogP contribution in [0.25, 0.3) is 10.9 Å². The molecule has 2 saturated heterocycles. The highest BCUT2D eigenvalue weighted by Crippen LogP contribution is 2.45. The Morgan fingerprint density at radius 2 is 1.93 bits per heavy atom. The van der Waals surface area contributed by atoms with Gasteiger partial charge in [0.05, 0.1) is 11.1 Å². The largest absolute Gasteiger partial charge is 0.444 e. The van der Waals surface area contributed by atoms with Gasteiger partial charge in [0.2, 0.25) is 0 Å². The molecule has 0 aliphatic carbocycles. The number of hydrogen-bond acceptors (Lipinski definition) is 4. The van der Waals surface area contributed by atoms with Gasteiger partial charge in [0.15, 0.2) is 0 Å². The molecule has 1 amide bonds. The Labute approximate surface area is 160 Å². The van der Waals surface area contributed by atoms with Crippen molar-refractivity contribution >= 4 is 17.0 Å². The molecule has 4 rings (SSSR count). The fourth-order valence-corrected chi connectivity index (χ4v) is 4.64. The number of fused-ring (bicyclic) bond motifs is 3. The van der Waals surface area contributed by atoms with Crippen molar-refractivity contribution in [2.45, 2.75) is 76.2 Å². The Morgan fingerprint density at radius 1 is 1.22 bits per heavy atom. The van der Waals surface area contributed by atoms with Crippen LogP contribution >= 0.6 is 0 Å². The maximum Gasteiger partial charge on any atom is 0.410 e. The molecule has 2 unspecified atom stereocenters. The van der Waals surface area contributed by atoms with Crippen LogP contribution in [-0.4, -0.2) is 38.8 Å². The average molecular weight is 368 g/mol. The van der Waals surface area contributed by atoms with E-state index in [-0.39, 0.29) is 18.2 Å². The van der Waals surface area contributed by atoms with Crippen molar-refractivity contribution in [2.75, 3.05) is 0 Å². The number of aromatic nitrogens is 1. The minimum absolute atomic E-state index is 0.0157. The molecule has 2 aliphatic heterocycles. The smallest absolute Gasteiger partial charge is 0.410 e. The predicted molar refractivity (Wildman–Crippen MR) is 104 cm³/mol. The molecule has 5 heteroatoms. The van der Waals surface area contributed by atoms with Crippen molar-refractivity contribution in [2.24, 2.45) is 0 Å². The van der Waals surface area contributed by atoms with Gasteiger partial charge in [-0.05, 0) is 63.8 Å². The number of carbonyl (C=O) groups excluding carboxylic acids is 1. The lowest BCUT2D eigenvalue weighted by molar-refractivity contribution is -0.0964. The maximum absolute atomic E-state index is 12.8. The molecular formula is C22H28N2O3. The minimum atomic E-state index is -0.918. The Morgan fingerprint density at radius 3 is 2.59 bits per heavy atom. The molecule has 0 saturated carbocycles. The summed E-state index contributed by atoms with van der Waals surface area (Å²) >= 11 is 0. The number of hydrogen-bond donors (Lipinski definition) is 1. The zero-order valence-corrected chi connectivity index (χ0v) is 16.3. The molecule has 1 aromatic heterocycles. The highest BCUT2D eigenvalue weighted by molar-refractivity contribution is 5.79. The molecular weight excluding hydrogens is 340 g/mol. The number of ether oxygens (including phenoxy) is 1. The van der Waals surface area contributed by atoms with Crippen molar-refractivity contribution < 1.29 is 14.6 Å². The lowest BCUT2D eigenvalue weighted by atomic mass is 9.72. The summed E-state index contributed by atoms with van der Waals surface area (Å²) in [6.07, 6.45) is 5.54. The SMILES string of the molecule is CC(C)(C)OC(=O)N1C2CCCC1CC(O)(c1ccc3ncccc3c1)C2. The number of nitrogens with zero attached hydrogens (tertiary/aromatic N) is 2. The molecule has 3 heterocycles. The number of benzene rings is 1. The van der Waals surface area contributed by atoms with E-state index in [0.717, 1.165) is 35.7 Å². The molecule has 5 nitrogen and oxygen atoms in total. The highest BCUT2D eigenvalue weighted by atomic mass is 16.6. The van der Waals surface area contributed by atoms with Gasteiger partial charge in [0.25, 0.3) is 0 Å². The van der Waals surface area contributed by atoms with Gasteiger partial charge in [-0.25, -0.2) is 4.79 Å². The van der Waals surface area contributed by atoms with E-state index in [0.29, 0.717) is 12.8 Å². The van der Waals surface area contributed by atoms with Gasteiger partial charge >= 0.3 is 6.09 Å². The summed E-state index contributed by atoms with van der Waals surface area (Å²) in [5.74, 6) is 0. The van der Waals surface area contributed by atoms with E-state index in [1.165, 1.54) is 0 Å². The lowest BCUT2D eigenvalue weighted by Gasteiger charge is -2.51. The van der Waals surface area contributed by atoms with Crippen LogP contribution in [0.4, 0.5) is 4.79 Å². The van der Waals surface area contributed by atoms with Gasteiger partial charge in [-0.2, -0.15) is 0 Å². The van der Waals surface area contributed by atoms with Crippen LogP contribution in [0, 0.1) is 0 Å². The summed E-state index contributed by atoms with van der Waals surface area (Å²) in [7, 11) is 0. The number of rotatable bonds is 1. The Kier molecular flexibility index (Phi) is 4.38. The summed E-state index contributed by atoms with van der Waals surface area (Å²) in [5, 5.41) is 12.6. The van der Waals surface area contributed by atoms with Crippen molar-refractivity contribution in [3.63, 3.8) is 0 Å². The first-order valence-electron chi connectivity index (χ1n) is 9.84. The van der Waals surface area contributed by atoms with Crippen LogP contribution < -0.4 is 0 Å². The molecule has 2 fully saturated rings. The molecule has 144 valence electrons. The molecule has 2 aromatic rings. The fraction of sp³-hybridized carbons (Fsp3) is 0.545. The molecule has 1 N–H and O–H groups in total. The third-order valence-electron chi connectivity index (χ3n) is 5.75. The molecule has 0 radical (unpaired) electrons. The van der Waals surface area contributed by atoms with Gasteiger partial charge in [-0.3, -0.25) is 4.98 Å². The van der Waals surface area contributed by atoms with Gasteiger partial charge in [-0.15, -0.1) is 0 Å². The number of pyridine rings is 1. The minimum Gasteiger partial charge on any atom is -0.444 e. The average Bonchev–Trinajstić information content (AvgIpc) is 2.59. The molecule has 27 heavy (non-hydrogen) atoms. The molecule has 2 bridgehead atoms. The Bertz CT molecular complexity index is 844. The quantitative estimate of drug-likeness (QED) is 0.812. The maximum atomic E-state index is 12.8. The monoisotopic (exact) mass is 368 g/mol. The predicted octanol–water partition coefficient (Wildman–Crippen LogP) is 4.37. The van der Waals surface area contributed by atoms with Crippen molar-refractivity contribution in [3.8, 4) is 0 Å². The van der Waals surface area contributed by atoms with Crippen LogP contribution in [0.5, 0.6) is 0 Å². The fourth-order valence-electron chi connectivity index (χ4n) is 4.64. The van der Waals surface area contributed by atoms with Crippen LogP contribution in [0.3, 0.4) is 0 Å². The lowest BCUT2D eigenvalue weighted by Crippen LogP contribution is -2.59. The summed E-state index contributed by atoms with van der Waals surface area (Å²) in [6.45, 7) is 5.68. The second-order valence-corrected chi connectivity index (χ2v) is 8.98. The first kappa shape index (κ1) is 18.2. The summed E-state index contributed by atoms with van der Waals surface area (Å²) in [4.78, 5) is 19.0. The second kappa shape index (κ2) is 6.48. The van der Waals surface area contributed by atoms with Crippen LogP contribution in [0.15, 0.2) is 36.5 Å². The molecule has 2 aliphatic rings. The van der Waals surface area contributed by atoms with Gasteiger partial charge in [0.1, 0.15) is 5.60 Å². The van der Waals surface area contributed by atoms with E-state index in [1.54, 1.807) is 6.20 Å². The van der Waals surface area contributed by atoms with Crippen molar-refractivity contribution in [1.82, 2.24) is 9.88 Å². The third-order valence-corrected chi connectivity index (χ3v) is 5.75. The zero-order valence-electron chi connectivity index (χ0n) is 16.3.